The summed E-state index contributed by atoms with van der Waals surface area (Å²) >= 11 is 0. The molecule has 1 saturated heterocycles. The van der Waals surface area contributed by atoms with Gasteiger partial charge in [0.05, 0.1) is 0 Å². The minimum Gasteiger partial charge on any atom is -0.314 e. The summed E-state index contributed by atoms with van der Waals surface area (Å²) in [6.45, 7) is 10.4. The van der Waals surface area contributed by atoms with Gasteiger partial charge in [-0.3, -0.25) is 9.88 Å². The Morgan fingerprint density at radius 3 is 2.78 bits per heavy atom. The monoisotopic (exact) mass is 247 g/mol. The topological polar surface area (TPSA) is 28.2 Å². The van der Waals surface area contributed by atoms with Crippen LogP contribution in [0.15, 0.2) is 24.5 Å². The summed E-state index contributed by atoms with van der Waals surface area (Å²) in [7, 11) is 0. The Hall–Kier alpha value is -0.930. The van der Waals surface area contributed by atoms with Crippen LogP contribution in [-0.4, -0.2) is 35.6 Å². The third kappa shape index (κ3) is 3.53. The molecule has 3 nitrogen and oxygen atoms in total. The summed E-state index contributed by atoms with van der Waals surface area (Å²) in [5.74, 6) is 0.706. The molecule has 2 heterocycles. The van der Waals surface area contributed by atoms with Crippen LogP contribution < -0.4 is 5.32 Å². The summed E-state index contributed by atoms with van der Waals surface area (Å²) in [5.41, 5.74) is 1.37. The molecule has 0 aliphatic carbocycles. The first-order chi connectivity index (χ1) is 8.66. The zero-order chi connectivity index (χ0) is 13.0. The minimum absolute atomic E-state index is 0.487. The number of aromatic nitrogens is 1. The van der Waals surface area contributed by atoms with Gasteiger partial charge in [-0.25, -0.2) is 0 Å². The highest BCUT2D eigenvalue weighted by Crippen LogP contribution is 2.22. The van der Waals surface area contributed by atoms with E-state index in [1.807, 2.05) is 12.4 Å². The van der Waals surface area contributed by atoms with E-state index in [9.17, 15) is 0 Å². The van der Waals surface area contributed by atoms with E-state index in [0.717, 1.165) is 6.54 Å². The molecule has 100 valence electrons. The van der Waals surface area contributed by atoms with Crippen LogP contribution in [0, 0.1) is 5.92 Å². The van der Waals surface area contributed by atoms with Crippen LogP contribution in [-0.2, 0) is 0 Å². The van der Waals surface area contributed by atoms with Gasteiger partial charge in [0.25, 0.3) is 0 Å². The van der Waals surface area contributed by atoms with E-state index < -0.39 is 0 Å². The molecule has 2 rings (SSSR count). The third-order valence-electron chi connectivity index (χ3n) is 3.95. The Balaban J connectivity index is 2.05. The Morgan fingerprint density at radius 1 is 1.33 bits per heavy atom. The fourth-order valence-corrected chi connectivity index (χ4v) is 2.62. The fourth-order valence-electron chi connectivity index (χ4n) is 2.62. The van der Waals surface area contributed by atoms with Gasteiger partial charge in [-0.2, -0.15) is 0 Å². The second kappa shape index (κ2) is 6.30. The van der Waals surface area contributed by atoms with Crippen LogP contribution in [0.5, 0.6) is 0 Å². The molecule has 18 heavy (non-hydrogen) atoms. The molecule has 3 unspecified atom stereocenters. The summed E-state index contributed by atoms with van der Waals surface area (Å²) in [4.78, 5) is 6.71. The van der Waals surface area contributed by atoms with Crippen LogP contribution in [0.2, 0.25) is 0 Å². The summed E-state index contributed by atoms with van der Waals surface area (Å²) in [5, 5.41) is 3.60. The predicted molar refractivity (Wildman–Crippen MR) is 75.5 cm³/mol. The van der Waals surface area contributed by atoms with Crippen molar-refractivity contribution >= 4 is 0 Å². The molecular weight excluding hydrogens is 222 g/mol. The SMILES string of the molecule is CC1CNC(C)CCN(C(C)c2ccncc2)C1. The Labute approximate surface area is 111 Å². The second-order valence-corrected chi connectivity index (χ2v) is 5.65. The van der Waals surface area contributed by atoms with Crippen LogP contribution >= 0.6 is 0 Å². The van der Waals surface area contributed by atoms with Crippen molar-refractivity contribution in [3.8, 4) is 0 Å². The van der Waals surface area contributed by atoms with Crippen LogP contribution in [0.1, 0.15) is 38.8 Å². The summed E-state index contributed by atoms with van der Waals surface area (Å²) in [6.07, 6.45) is 5.01. The molecule has 1 N–H and O–H groups in total. The van der Waals surface area contributed by atoms with Gasteiger partial charge in [0.1, 0.15) is 0 Å². The van der Waals surface area contributed by atoms with Crippen molar-refractivity contribution in [2.75, 3.05) is 19.6 Å². The zero-order valence-electron chi connectivity index (χ0n) is 11.8. The molecule has 1 aliphatic rings. The molecule has 3 atom stereocenters. The van der Waals surface area contributed by atoms with Gasteiger partial charge in [-0.05, 0) is 50.4 Å². The van der Waals surface area contributed by atoms with Crippen molar-refractivity contribution in [3.05, 3.63) is 30.1 Å². The minimum atomic E-state index is 0.487. The normalized spacial score (nSPS) is 28.4. The number of pyridine rings is 1. The molecule has 0 saturated carbocycles. The molecule has 1 aromatic rings. The van der Waals surface area contributed by atoms with Gasteiger partial charge in [0.2, 0.25) is 0 Å². The maximum Gasteiger partial charge on any atom is 0.0321 e. The lowest BCUT2D eigenvalue weighted by atomic mass is 10.0. The standard InChI is InChI=1S/C15H25N3/c1-12-10-17-13(2)6-9-18(11-12)14(3)15-4-7-16-8-5-15/h4-5,7-8,12-14,17H,6,9-11H2,1-3H3. The van der Waals surface area contributed by atoms with Crippen molar-refractivity contribution in [2.45, 2.75) is 39.3 Å². The molecule has 0 spiro atoms. The van der Waals surface area contributed by atoms with E-state index in [1.54, 1.807) is 0 Å². The van der Waals surface area contributed by atoms with Gasteiger partial charge in [0, 0.05) is 37.6 Å². The molecule has 3 heteroatoms. The van der Waals surface area contributed by atoms with Gasteiger partial charge < -0.3 is 5.32 Å². The summed E-state index contributed by atoms with van der Waals surface area (Å²) in [6, 6.07) is 5.38. The predicted octanol–water partition coefficient (Wildman–Crippen LogP) is 2.46. The molecule has 0 aromatic carbocycles. The third-order valence-corrected chi connectivity index (χ3v) is 3.95. The average molecular weight is 247 g/mol. The lowest BCUT2D eigenvalue weighted by Crippen LogP contribution is -2.43. The lowest BCUT2D eigenvalue weighted by molar-refractivity contribution is 0.156. The Bertz CT molecular complexity index is 352. The van der Waals surface area contributed by atoms with E-state index in [2.05, 4.69) is 48.1 Å². The smallest absolute Gasteiger partial charge is 0.0321 e. The average Bonchev–Trinajstić information content (AvgIpc) is 2.39. The van der Waals surface area contributed by atoms with Crippen molar-refractivity contribution in [1.82, 2.24) is 15.2 Å². The Kier molecular flexibility index (Phi) is 4.72. The van der Waals surface area contributed by atoms with Crippen LogP contribution in [0.25, 0.3) is 0 Å². The maximum absolute atomic E-state index is 4.10. The number of nitrogens with zero attached hydrogens (tertiary/aromatic N) is 2. The van der Waals surface area contributed by atoms with E-state index in [1.165, 1.54) is 25.1 Å². The van der Waals surface area contributed by atoms with Crippen molar-refractivity contribution in [3.63, 3.8) is 0 Å². The van der Waals surface area contributed by atoms with Crippen molar-refractivity contribution < 1.29 is 0 Å². The molecule has 1 fully saturated rings. The highest BCUT2D eigenvalue weighted by Gasteiger charge is 2.21. The largest absolute Gasteiger partial charge is 0.314 e. The summed E-state index contributed by atoms with van der Waals surface area (Å²) < 4.78 is 0. The van der Waals surface area contributed by atoms with Gasteiger partial charge in [-0.1, -0.05) is 6.92 Å². The zero-order valence-corrected chi connectivity index (χ0v) is 11.8. The molecular formula is C15H25N3. The molecule has 1 aromatic heterocycles. The van der Waals surface area contributed by atoms with Crippen LogP contribution in [0.3, 0.4) is 0 Å². The number of nitrogens with one attached hydrogen (secondary N) is 1. The number of rotatable bonds is 2. The molecule has 0 amide bonds. The quantitative estimate of drug-likeness (QED) is 0.870. The molecule has 0 bridgehead atoms. The number of hydrogen-bond donors (Lipinski definition) is 1. The molecule has 0 radical (unpaired) electrons. The maximum atomic E-state index is 4.10. The first kappa shape index (κ1) is 13.5. The molecule has 1 aliphatic heterocycles. The Morgan fingerprint density at radius 2 is 2.06 bits per heavy atom. The lowest BCUT2D eigenvalue weighted by Gasteiger charge is -2.35. The van der Waals surface area contributed by atoms with E-state index >= 15 is 0 Å². The second-order valence-electron chi connectivity index (χ2n) is 5.65. The van der Waals surface area contributed by atoms with Gasteiger partial charge in [-0.15, -0.1) is 0 Å². The van der Waals surface area contributed by atoms with Gasteiger partial charge in [0.15, 0.2) is 0 Å². The first-order valence-corrected chi connectivity index (χ1v) is 7.04. The number of hydrogen-bond acceptors (Lipinski definition) is 3. The fraction of sp³-hybridized carbons (Fsp3) is 0.667. The van der Waals surface area contributed by atoms with E-state index in [4.69, 9.17) is 0 Å². The van der Waals surface area contributed by atoms with E-state index in [0.29, 0.717) is 18.0 Å². The van der Waals surface area contributed by atoms with Crippen LogP contribution in [0.4, 0.5) is 0 Å². The van der Waals surface area contributed by atoms with Crippen molar-refractivity contribution in [1.29, 1.82) is 0 Å². The highest BCUT2D eigenvalue weighted by atomic mass is 15.2. The first-order valence-electron chi connectivity index (χ1n) is 7.04. The van der Waals surface area contributed by atoms with E-state index in [-0.39, 0.29) is 0 Å². The highest BCUT2D eigenvalue weighted by molar-refractivity contribution is 5.14. The van der Waals surface area contributed by atoms with Gasteiger partial charge >= 0.3 is 0 Å². The van der Waals surface area contributed by atoms with Crippen molar-refractivity contribution in [2.24, 2.45) is 5.92 Å².